The fourth-order valence-corrected chi connectivity index (χ4v) is 14.5. The van der Waals surface area contributed by atoms with E-state index in [-0.39, 0.29) is 0 Å². The Hall–Kier alpha value is -8.16. The van der Waals surface area contributed by atoms with Crippen molar-refractivity contribution in [2.24, 2.45) is 0 Å². The van der Waals surface area contributed by atoms with Gasteiger partial charge in [-0.2, -0.15) is 0 Å². The maximum atomic E-state index is 10.2. The van der Waals surface area contributed by atoms with Crippen molar-refractivity contribution in [3.05, 3.63) is 237 Å². The van der Waals surface area contributed by atoms with Gasteiger partial charge in [0.2, 0.25) is 0 Å². The van der Waals surface area contributed by atoms with Crippen molar-refractivity contribution in [2.75, 3.05) is 0 Å². The van der Waals surface area contributed by atoms with Crippen molar-refractivity contribution < 1.29 is 40.9 Å². The number of aryl methyl sites for hydroxylation is 4. The first-order valence-corrected chi connectivity index (χ1v) is 36.6. The molecule has 8 aromatic rings. The van der Waals surface area contributed by atoms with Gasteiger partial charge in [-0.1, -0.05) is 197 Å². The van der Waals surface area contributed by atoms with Crippen LogP contribution in [0, 0.1) is 27.7 Å². The van der Waals surface area contributed by atoms with Crippen LogP contribution in [0.2, 0.25) is 0 Å². The maximum Gasteiger partial charge on any atom is 0.122 e. The molecule has 12 rings (SSSR count). The lowest BCUT2D eigenvalue weighted by Gasteiger charge is -2.33. The number of phenols is 8. The number of phenolic OH excluding ortho intramolecular Hbond substituents is 8. The van der Waals surface area contributed by atoms with Crippen LogP contribution in [0.25, 0.3) is 0 Å². The molecule has 2 unspecified atom stereocenters. The van der Waals surface area contributed by atoms with Crippen LogP contribution in [0.15, 0.2) is 170 Å². The van der Waals surface area contributed by atoms with E-state index in [1.165, 1.54) is 51.4 Å². The summed E-state index contributed by atoms with van der Waals surface area (Å²) in [6.45, 7) is 13.1. The first-order chi connectivity index (χ1) is 48.6. The van der Waals surface area contributed by atoms with Gasteiger partial charge in [0.05, 0.1) is 0 Å². The number of benzene rings is 8. The summed E-state index contributed by atoms with van der Waals surface area (Å²) in [4.78, 5) is 0. The number of rotatable bonds is 24. The van der Waals surface area contributed by atoms with Crippen molar-refractivity contribution in [2.45, 2.75) is 231 Å². The van der Waals surface area contributed by atoms with E-state index < -0.39 is 0 Å². The monoisotopic (exact) mass is 1360 g/mol. The van der Waals surface area contributed by atoms with E-state index in [9.17, 15) is 40.9 Å². The molecule has 0 amide bonds. The Morgan fingerprint density at radius 3 is 0.530 bits per heavy atom. The number of aromatic hydroxyl groups is 8. The average molecular weight is 1360 g/mol. The fraction of sp³-hybridized carbons (Fsp3) is 0.429. The van der Waals surface area contributed by atoms with Crippen LogP contribution in [0.5, 0.6) is 46.0 Å². The highest BCUT2D eigenvalue weighted by Gasteiger charge is 2.29. The predicted octanol–water partition coefficient (Wildman–Crippen LogP) is 14.4. The number of para-hydroxylation sites is 8. The zero-order valence-corrected chi connectivity index (χ0v) is 59.3. The van der Waals surface area contributed by atoms with Gasteiger partial charge >= 0.3 is 0 Å². The number of hydrogen-bond donors (Lipinski definition) is 16. The molecule has 0 spiro atoms. The SMILES string of the molecule is Cc1cccc(CNC2CCCC[C@@H]2NCc2cccc(C)c2O)c1O.Cc1cccc(CN[C@@H]2CCCC[C@H]2NCc2cccc(C)c2O)c1O.Oc1ccccc1CNC1CCCC[C@@H]1NCc1ccccc1O.Oc1ccccc1CN[C@@H]1CCCC[C@H]1NCc1ccccc1O. The minimum atomic E-state index is 0.347. The molecule has 0 radical (unpaired) electrons. The smallest absolute Gasteiger partial charge is 0.122 e. The predicted molar refractivity (Wildman–Crippen MR) is 403 cm³/mol. The maximum absolute atomic E-state index is 10.2. The largest absolute Gasteiger partial charge is 0.508 e. The first-order valence-electron chi connectivity index (χ1n) is 36.6. The summed E-state index contributed by atoms with van der Waals surface area (Å²) < 4.78 is 0. The summed E-state index contributed by atoms with van der Waals surface area (Å²) in [6.07, 6.45) is 18.9. The Labute approximate surface area is 594 Å². The van der Waals surface area contributed by atoms with E-state index in [4.69, 9.17) is 0 Å². The van der Waals surface area contributed by atoms with Gasteiger partial charge in [0.25, 0.3) is 0 Å². The third-order valence-electron chi connectivity index (χ3n) is 20.8. The van der Waals surface area contributed by atoms with E-state index in [2.05, 4.69) is 42.5 Å². The van der Waals surface area contributed by atoms with Crippen molar-refractivity contribution in [3.8, 4) is 46.0 Å². The molecule has 8 aromatic carbocycles. The Morgan fingerprint density at radius 2 is 0.360 bits per heavy atom. The lowest BCUT2D eigenvalue weighted by Crippen LogP contribution is -2.49. The summed E-state index contributed by atoms with van der Waals surface area (Å²) in [5.74, 6) is 2.96. The lowest BCUT2D eigenvalue weighted by atomic mass is 9.89. The highest BCUT2D eigenvalue weighted by Crippen LogP contribution is 2.30. The van der Waals surface area contributed by atoms with Crippen LogP contribution in [0.4, 0.5) is 0 Å². The van der Waals surface area contributed by atoms with Gasteiger partial charge in [-0.05, 0) is 126 Å². The van der Waals surface area contributed by atoms with Crippen molar-refractivity contribution in [1.29, 1.82) is 0 Å². The van der Waals surface area contributed by atoms with E-state index in [0.29, 0.717) is 147 Å². The summed E-state index contributed by atoms with van der Waals surface area (Å²) in [5.41, 5.74) is 11.2. The summed E-state index contributed by atoms with van der Waals surface area (Å²) in [5, 5.41) is 109. The van der Waals surface area contributed by atoms with E-state index in [1.807, 2.05) is 173 Å². The van der Waals surface area contributed by atoms with Crippen molar-refractivity contribution in [1.82, 2.24) is 42.5 Å². The third kappa shape index (κ3) is 22.9. The topological polar surface area (TPSA) is 258 Å². The van der Waals surface area contributed by atoms with Gasteiger partial charge in [0.15, 0.2) is 0 Å². The summed E-state index contributed by atoms with van der Waals surface area (Å²) >= 11 is 0. The van der Waals surface area contributed by atoms with E-state index >= 15 is 0 Å². The quantitative estimate of drug-likeness (QED) is 0.0268. The van der Waals surface area contributed by atoms with Crippen LogP contribution < -0.4 is 42.5 Å². The Kier molecular flexibility index (Phi) is 30.2. The molecule has 0 aliphatic heterocycles. The van der Waals surface area contributed by atoms with Gasteiger partial charge in [0.1, 0.15) is 46.0 Å². The standard InChI is InChI=1S/2C22H30N2O2.2C20H26N2O2/c2*1-15-7-5-9-17(21(15)25)13-23-19-11-3-4-12-20(19)24-14-18-10-6-8-16(2)22(18)26;2*23-19-11-5-1-7-15(19)13-21-17-9-3-4-10-18(17)22-14-16-8-2-6-12-20(16)24/h2*5-10,19-20,23-26H,3-4,11-14H2,1-2H3;2*1-2,5-8,11-12,17-18,21-24H,3-4,9-10,13-14H2/t19-,20?;19-,20-;17-,18?;17-,18-/m0101/s1. The fourth-order valence-electron chi connectivity index (χ4n) is 14.5. The van der Waals surface area contributed by atoms with Crippen LogP contribution in [-0.2, 0) is 52.4 Å². The summed E-state index contributed by atoms with van der Waals surface area (Å²) in [6, 6.07) is 56.5. The molecular weight excluding hydrogens is 1250 g/mol. The molecule has 4 saturated carbocycles. The Bertz CT molecular complexity index is 3290. The van der Waals surface area contributed by atoms with E-state index in [1.54, 1.807) is 24.3 Å². The number of hydrogen-bond acceptors (Lipinski definition) is 16. The highest BCUT2D eigenvalue weighted by atomic mass is 16.3. The van der Waals surface area contributed by atoms with Crippen LogP contribution in [-0.4, -0.2) is 89.2 Å². The molecule has 536 valence electrons. The molecule has 0 saturated heterocycles. The molecular formula is C84H112N8O8. The molecule has 100 heavy (non-hydrogen) atoms. The van der Waals surface area contributed by atoms with Gasteiger partial charge in [0, 0.05) is 145 Å². The Balaban J connectivity index is 0.000000156. The molecule has 8 atom stereocenters. The molecule has 0 bridgehead atoms. The van der Waals surface area contributed by atoms with Gasteiger partial charge in [-0.25, -0.2) is 0 Å². The van der Waals surface area contributed by atoms with E-state index in [0.717, 1.165) is 118 Å². The second kappa shape index (κ2) is 39.7. The van der Waals surface area contributed by atoms with Crippen molar-refractivity contribution in [3.63, 3.8) is 0 Å². The molecule has 0 aromatic heterocycles. The highest BCUT2D eigenvalue weighted by molar-refractivity contribution is 5.43. The molecule has 4 fully saturated rings. The molecule has 16 nitrogen and oxygen atoms in total. The van der Waals surface area contributed by atoms with Crippen LogP contribution in [0.1, 0.15) is 169 Å². The van der Waals surface area contributed by atoms with Crippen molar-refractivity contribution >= 4 is 0 Å². The minimum absolute atomic E-state index is 0.347. The molecule has 4 aliphatic rings. The first kappa shape index (κ1) is 76.0. The second-order valence-electron chi connectivity index (χ2n) is 27.9. The summed E-state index contributed by atoms with van der Waals surface area (Å²) in [7, 11) is 0. The Morgan fingerprint density at radius 1 is 0.210 bits per heavy atom. The van der Waals surface area contributed by atoms with Gasteiger partial charge < -0.3 is 83.4 Å². The molecule has 4 aliphatic carbocycles. The van der Waals surface area contributed by atoms with Gasteiger partial charge in [-0.3, -0.25) is 0 Å². The molecule has 16 heteroatoms. The molecule has 16 N–H and O–H groups in total. The minimum Gasteiger partial charge on any atom is -0.508 e. The normalized spacial score (nSPS) is 20.5. The zero-order chi connectivity index (χ0) is 70.6. The second-order valence-corrected chi connectivity index (χ2v) is 27.9. The third-order valence-corrected chi connectivity index (χ3v) is 20.8. The van der Waals surface area contributed by atoms with Gasteiger partial charge in [-0.15, -0.1) is 0 Å². The number of nitrogens with one attached hydrogen (secondary N) is 8. The zero-order valence-electron chi connectivity index (χ0n) is 59.3. The molecule has 0 heterocycles. The van der Waals surface area contributed by atoms with Crippen LogP contribution in [0.3, 0.4) is 0 Å². The average Bonchev–Trinajstić information content (AvgIpc) is 0.892. The van der Waals surface area contributed by atoms with Crippen LogP contribution >= 0.6 is 0 Å². The lowest BCUT2D eigenvalue weighted by molar-refractivity contribution is 0.279.